The number of anilines is 2. The summed E-state index contributed by atoms with van der Waals surface area (Å²) in [5.74, 6) is 1.59. The molecule has 0 fully saturated rings. The van der Waals surface area contributed by atoms with Crippen LogP contribution in [0.15, 0.2) is 35.7 Å². The van der Waals surface area contributed by atoms with Gasteiger partial charge in [-0.25, -0.2) is 4.98 Å². The predicted octanol–water partition coefficient (Wildman–Crippen LogP) is 5.27. The third-order valence-corrected chi connectivity index (χ3v) is 4.16. The second-order valence-electron chi connectivity index (χ2n) is 4.83. The van der Waals surface area contributed by atoms with Crippen LogP contribution in [0.4, 0.5) is 11.5 Å². The van der Waals surface area contributed by atoms with Crippen molar-refractivity contribution in [1.82, 2.24) is 9.97 Å². The van der Waals surface area contributed by atoms with Crippen molar-refractivity contribution in [3.05, 3.63) is 41.0 Å². The Kier molecular flexibility index (Phi) is 4.75. The molecule has 1 aromatic carbocycles. The van der Waals surface area contributed by atoms with E-state index in [0.717, 1.165) is 46.9 Å². The van der Waals surface area contributed by atoms with Crippen molar-refractivity contribution in [2.75, 3.05) is 11.9 Å². The van der Waals surface area contributed by atoms with E-state index in [0.29, 0.717) is 0 Å². The number of ether oxygens (including phenoxy) is 1. The lowest BCUT2D eigenvalue weighted by Gasteiger charge is -2.09. The van der Waals surface area contributed by atoms with E-state index in [4.69, 9.17) is 16.3 Å². The summed E-state index contributed by atoms with van der Waals surface area (Å²) >= 11 is 7.51. The highest BCUT2D eigenvalue weighted by Gasteiger charge is 2.08. The van der Waals surface area contributed by atoms with Gasteiger partial charge >= 0.3 is 0 Å². The number of thiophene rings is 1. The first kappa shape index (κ1) is 15.1. The Labute approximate surface area is 138 Å². The summed E-state index contributed by atoms with van der Waals surface area (Å²) < 4.78 is 5.66. The topological polar surface area (TPSA) is 47.0 Å². The minimum absolute atomic E-state index is 0.247. The van der Waals surface area contributed by atoms with E-state index in [-0.39, 0.29) is 5.28 Å². The molecule has 1 N–H and O–H groups in total. The van der Waals surface area contributed by atoms with Crippen LogP contribution in [0, 0.1) is 0 Å². The van der Waals surface area contributed by atoms with Gasteiger partial charge in [-0.2, -0.15) is 4.98 Å². The number of hydrogen-bond acceptors (Lipinski definition) is 5. The average Bonchev–Trinajstić information content (AvgIpc) is 2.97. The maximum atomic E-state index is 5.97. The molecule has 22 heavy (non-hydrogen) atoms. The molecule has 0 saturated heterocycles. The second kappa shape index (κ2) is 6.94. The first-order chi connectivity index (χ1) is 10.8. The molecule has 0 bridgehead atoms. The minimum atomic E-state index is 0.247. The van der Waals surface area contributed by atoms with Gasteiger partial charge in [0.25, 0.3) is 0 Å². The Bertz CT molecular complexity index is 758. The average molecular weight is 334 g/mol. The Balaban J connectivity index is 1.76. The monoisotopic (exact) mass is 333 g/mol. The van der Waals surface area contributed by atoms with Crippen molar-refractivity contribution in [2.45, 2.75) is 19.8 Å². The molecule has 0 atom stereocenters. The van der Waals surface area contributed by atoms with Crippen molar-refractivity contribution in [2.24, 2.45) is 0 Å². The molecule has 3 rings (SSSR count). The van der Waals surface area contributed by atoms with E-state index >= 15 is 0 Å². The lowest BCUT2D eigenvalue weighted by molar-refractivity contribution is 0.309. The van der Waals surface area contributed by atoms with Crippen LogP contribution < -0.4 is 10.1 Å². The van der Waals surface area contributed by atoms with Crippen LogP contribution in [-0.2, 0) is 0 Å². The molecule has 0 radical (unpaired) electrons. The van der Waals surface area contributed by atoms with Crippen LogP contribution in [0.5, 0.6) is 5.75 Å². The maximum Gasteiger partial charge on any atom is 0.225 e. The molecule has 2 aromatic heterocycles. The van der Waals surface area contributed by atoms with Gasteiger partial charge in [-0.15, -0.1) is 11.3 Å². The fraction of sp³-hybridized carbons (Fsp3) is 0.250. The Hall–Kier alpha value is -1.85. The van der Waals surface area contributed by atoms with Crippen molar-refractivity contribution in [3.63, 3.8) is 0 Å². The third-order valence-electron chi connectivity index (χ3n) is 3.18. The number of rotatable bonds is 6. The van der Waals surface area contributed by atoms with Gasteiger partial charge in [0.15, 0.2) is 0 Å². The van der Waals surface area contributed by atoms with Crippen LogP contribution in [0.2, 0.25) is 5.28 Å². The van der Waals surface area contributed by atoms with E-state index < -0.39 is 0 Å². The standard InChI is InChI=1S/C16H16ClN3OS/c1-2-3-9-21-12-6-4-11(5-7-12)18-14-13-8-10-22-15(13)20-16(17)19-14/h4-8,10H,2-3,9H2,1H3,(H,18,19,20). The molecule has 0 aliphatic heterocycles. The summed E-state index contributed by atoms with van der Waals surface area (Å²) in [6.45, 7) is 2.90. The molecule has 2 heterocycles. The summed E-state index contributed by atoms with van der Waals surface area (Å²) in [6.07, 6.45) is 2.19. The zero-order valence-electron chi connectivity index (χ0n) is 12.2. The molecular formula is C16H16ClN3OS. The summed E-state index contributed by atoms with van der Waals surface area (Å²) in [5.41, 5.74) is 0.935. The lowest BCUT2D eigenvalue weighted by Crippen LogP contribution is -1.98. The van der Waals surface area contributed by atoms with E-state index in [9.17, 15) is 0 Å². The van der Waals surface area contributed by atoms with Crippen molar-refractivity contribution in [1.29, 1.82) is 0 Å². The molecule has 0 aliphatic rings. The second-order valence-corrected chi connectivity index (χ2v) is 6.06. The largest absolute Gasteiger partial charge is 0.494 e. The van der Waals surface area contributed by atoms with Crippen molar-refractivity contribution >= 4 is 44.7 Å². The molecular weight excluding hydrogens is 318 g/mol. The van der Waals surface area contributed by atoms with Gasteiger partial charge in [0.1, 0.15) is 16.4 Å². The summed E-state index contributed by atoms with van der Waals surface area (Å²) in [7, 11) is 0. The van der Waals surface area contributed by atoms with Gasteiger partial charge in [-0.05, 0) is 53.7 Å². The SMILES string of the molecule is CCCCOc1ccc(Nc2nc(Cl)nc3sccc23)cc1. The van der Waals surface area contributed by atoms with Gasteiger partial charge in [-0.3, -0.25) is 0 Å². The van der Waals surface area contributed by atoms with Crippen molar-refractivity contribution in [3.8, 4) is 5.75 Å². The zero-order chi connectivity index (χ0) is 15.4. The van der Waals surface area contributed by atoms with Crippen LogP contribution in [0.1, 0.15) is 19.8 Å². The molecule has 3 aromatic rings. The van der Waals surface area contributed by atoms with Gasteiger partial charge in [0.2, 0.25) is 5.28 Å². The fourth-order valence-corrected chi connectivity index (χ4v) is 3.01. The van der Waals surface area contributed by atoms with Crippen LogP contribution in [0.3, 0.4) is 0 Å². The Morgan fingerprint density at radius 1 is 1.18 bits per heavy atom. The normalized spacial score (nSPS) is 10.8. The number of benzene rings is 1. The van der Waals surface area contributed by atoms with Crippen LogP contribution >= 0.6 is 22.9 Å². The highest BCUT2D eigenvalue weighted by atomic mass is 35.5. The van der Waals surface area contributed by atoms with Gasteiger partial charge in [0.05, 0.1) is 12.0 Å². The Morgan fingerprint density at radius 3 is 2.77 bits per heavy atom. The summed E-state index contributed by atoms with van der Waals surface area (Å²) in [4.78, 5) is 9.35. The van der Waals surface area contributed by atoms with Crippen LogP contribution in [-0.4, -0.2) is 16.6 Å². The first-order valence-electron chi connectivity index (χ1n) is 7.17. The lowest BCUT2D eigenvalue weighted by atomic mass is 10.3. The maximum absolute atomic E-state index is 5.97. The highest BCUT2D eigenvalue weighted by molar-refractivity contribution is 7.16. The number of aromatic nitrogens is 2. The number of fused-ring (bicyclic) bond motifs is 1. The minimum Gasteiger partial charge on any atom is -0.494 e. The number of halogens is 1. The Morgan fingerprint density at radius 2 is 2.00 bits per heavy atom. The smallest absolute Gasteiger partial charge is 0.225 e. The molecule has 6 heteroatoms. The van der Waals surface area contributed by atoms with Gasteiger partial charge in [-0.1, -0.05) is 13.3 Å². The fourth-order valence-electron chi connectivity index (χ4n) is 2.03. The van der Waals surface area contributed by atoms with Crippen LogP contribution in [0.25, 0.3) is 10.2 Å². The molecule has 0 saturated carbocycles. The van der Waals surface area contributed by atoms with Crippen molar-refractivity contribution < 1.29 is 4.74 Å². The van der Waals surface area contributed by atoms with E-state index in [1.165, 1.54) is 0 Å². The van der Waals surface area contributed by atoms with E-state index in [2.05, 4.69) is 22.2 Å². The third kappa shape index (κ3) is 3.48. The molecule has 0 unspecified atom stereocenters. The van der Waals surface area contributed by atoms with E-state index in [1.54, 1.807) is 11.3 Å². The number of nitrogens with zero attached hydrogens (tertiary/aromatic N) is 2. The van der Waals surface area contributed by atoms with Gasteiger partial charge in [0, 0.05) is 5.69 Å². The molecule has 0 aliphatic carbocycles. The van der Waals surface area contributed by atoms with Gasteiger partial charge < -0.3 is 10.1 Å². The number of hydrogen-bond donors (Lipinski definition) is 1. The molecule has 114 valence electrons. The zero-order valence-corrected chi connectivity index (χ0v) is 13.7. The predicted molar refractivity (Wildman–Crippen MR) is 92.6 cm³/mol. The first-order valence-corrected chi connectivity index (χ1v) is 8.42. The molecule has 0 amide bonds. The quantitative estimate of drug-likeness (QED) is 0.493. The number of nitrogens with one attached hydrogen (secondary N) is 1. The summed E-state index contributed by atoms with van der Waals surface area (Å²) in [5, 5.41) is 6.48. The molecule has 4 nitrogen and oxygen atoms in total. The highest BCUT2D eigenvalue weighted by Crippen LogP contribution is 2.29. The molecule has 0 spiro atoms. The number of unbranched alkanes of at least 4 members (excludes halogenated alkanes) is 1. The summed E-state index contributed by atoms with van der Waals surface area (Å²) in [6, 6.07) is 9.82. The van der Waals surface area contributed by atoms with E-state index in [1.807, 2.05) is 35.7 Å².